The van der Waals surface area contributed by atoms with Crippen LogP contribution in [0.2, 0.25) is 0 Å². The molecule has 1 heterocycles. The Balaban J connectivity index is 1.46. The van der Waals surface area contributed by atoms with Gasteiger partial charge in [0, 0.05) is 31.4 Å². The van der Waals surface area contributed by atoms with Crippen molar-refractivity contribution in [1.29, 1.82) is 0 Å². The first-order chi connectivity index (χ1) is 14.9. The maximum atomic E-state index is 13.4. The number of carbonyl (C=O) groups is 2. The van der Waals surface area contributed by atoms with Crippen LogP contribution in [0.15, 0.2) is 48.5 Å². The predicted molar refractivity (Wildman–Crippen MR) is 120 cm³/mol. The van der Waals surface area contributed by atoms with E-state index in [1.807, 2.05) is 44.2 Å². The number of carbonyl (C=O) groups excluding carboxylic acids is 2. The molecule has 0 radical (unpaired) electrons. The summed E-state index contributed by atoms with van der Waals surface area (Å²) < 4.78 is 13.4. The summed E-state index contributed by atoms with van der Waals surface area (Å²) >= 11 is 0. The van der Waals surface area contributed by atoms with E-state index in [1.165, 1.54) is 6.07 Å². The van der Waals surface area contributed by atoms with Gasteiger partial charge in [0.1, 0.15) is 5.82 Å². The number of halogens is 1. The molecule has 0 aromatic heterocycles. The monoisotopic (exact) mass is 426 g/mol. The first-order valence-corrected chi connectivity index (χ1v) is 10.8. The van der Waals surface area contributed by atoms with Crippen LogP contribution < -0.4 is 16.0 Å². The van der Waals surface area contributed by atoms with Gasteiger partial charge in [0.15, 0.2) is 0 Å². The number of likely N-dealkylation sites (tertiary alicyclic amines) is 1. The lowest BCUT2D eigenvalue weighted by Gasteiger charge is -2.32. The van der Waals surface area contributed by atoms with Gasteiger partial charge in [-0.2, -0.15) is 0 Å². The molecule has 2 aromatic carbocycles. The van der Waals surface area contributed by atoms with Gasteiger partial charge in [-0.3, -0.25) is 9.69 Å². The van der Waals surface area contributed by atoms with Crippen LogP contribution in [0.25, 0.3) is 0 Å². The zero-order valence-corrected chi connectivity index (χ0v) is 18.2. The van der Waals surface area contributed by atoms with Crippen molar-refractivity contribution in [3.8, 4) is 0 Å². The molecule has 3 rings (SSSR count). The lowest BCUT2D eigenvalue weighted by Crippen LogP contribution is -2.42. The molecule has 31 heavy (non-hydrogen) atoms. The Labute approximate surface area is 183 Å². The van der Waals surface area contributed by atoms with Crippen LogP contribution in [-0.4, -0.2) is 36.0 Å². The number of benzene rings is 2. The molecule has 1 fully saturated rings. The molecule has 1 unspecified atom stereocenters. The van der Waals surface area contributed by atoms with E-state index in [-0.39, 0.29) is 29.7 Å². The van der Waals surface area contributed by atoms with E-state index in [4.69, 9.17) is 0 Å². The Morgan fingerprint density at radius 3 is 2.61 bits per heavy atom. The summed E-state index contributed by atoms with van der Waals surface area (Å²) in [5.74, 6) is -0.254. The summed E-state index contributed by atoms with van der Waals surface area (Å²) in [6.45, 7) is 6.49. The highest BCUT2D eigenvalue weighted by Crippen LogP contribution is 2.19. The maximum Gasteiger partial charge on any atom is 0.319 e. The van der Waals surface area contributed by atoms with E-state index < -0.39 is 0 Å². The maximum absolute atomic E-state index is 13.4. The molecule has 0 spiro atoms. The smallest absolute Gasteiger partial charge is 0.319 e. The number of rotatable bonds is 7. The number of nitrogens with zero attached hydrogens (tertiary/aromatic N) is 1. The molecule has 1 aliphatic heterocycles. The third kappa shape index (κ3) is 7.36. The Kier molecular flexibility index (Phi) is 8.00. The summed E-state index contributed by atoms with van der Waals surface area (Å²) in [7, 11) is 0. The Morgan fingerprint density at radius 2 is 1.90 bits per heavy atom. The number of hydrogen-bond donors (Lipinski definition) is 3. The first kappa shape index (κ1) is 22.7. The van der Waals surface area contributed by atoms with E-state index in [9.17, 15) is 14.0 Å². The second-order valence-electron chi connectivity index (χ2n) is 8.37. The Bertz CT molecular complexity index is 885. The van der Waals surface area contributed by atoms with Crippen LogP contribution >= 0.6 is 0 Å². The predicted octanol–water partition coefficient (Wildman–Crippen LogP) is 3.88. The second kappa shape index (κ2) is 10.9. The Morgan fingerprint density at radius 1 is 1.13 bits per heavy atom. The van der Waals surface area contributed by atoms with Crippen molar-refractivity contribution in [3.63, 3.8) is 0 Å². The van der Waals surface area contributed by atoms with Crippen molar-refractivity contribution >= 4 is 17.6 Å². The lowest BCUT2D eigenvalue weighted by molar-refractivity contribution is -0.126. The standard InChI is InChI=1S/C24H31FN4O2/c1-17(2)27-24(31)28-22-10-8-18(9-11-22)14-26-23(30)20-6-4-12-29(16-20)15-19-5-3-7-21(25)13-19/h3,5,7-11,13,17,20H,4,6,12,14-16H2,1-2H3,(H,26,30)(H2,27,28,31). The SMILES string of the molecule is CC(C)NC(=O)Nc1ccc(CNC(=O)C2CCCN(Cc3cccc(F)c3)C2)cc1. The molecule has 0 aliphatic carbocycles. The average Bonchev–Trinajstić information content (AvgIpc) is 2.72. The van der Waals surface area contributed by atoms with Crippen LogP contribution in [-0.2, 0) is 17.9 Å². The minimum absolute atomic E-state index is 0.0439. The van der Waals surface area contributed by atoms with Gasteiger partial charge in [0.25, 0.3) is 0 Å². The zero-order chi connectivity index (χ0) is 22.2. The fourth-order valence-electron chi connectivity index (χ4n) is 3.78. The number of anilines is 1. The van der Waals surface area contributed by atoms with E-state index in [0.717, 1.165) is 30.5 Å². The molecule has 3 amide bonds. The third-order valence-electron chi connectivity index (χ3n) is 5.27. The van der Waals surface area contributed by atoms with Gasteiger partial charge in [-0.1, -0.05) is 24.3 Å². The van der Waals surface area contributed by atoms with Crippen molar-refractivity contribution in [1.82, 2.24) is 15.5 Å². The van der Waals surface area contributed by atoms with Gasteiger partial charge < -0.3 is 16.0 Å². The largest absolute Gasteiger partial charge is 0.352 e. The van der Waals surface area contributed by atoms with Crippen molar-refractivity contribution in [2.24, 2.45) is 5.92 Å². The zero-order valence-electron chi connectivity index (χ0n) is 18.2. The molecule has 3 N–H and O–H groups in total. The molecule has 2 aromatic rings. The van der Waals surface area contributed by atoms with Crippen LogP contribution in [0.3, 0.4) is 0 Å². The number of urea groups is 1. The van der Waals surface area contributed by atoms with E-state index in [0.29, 0.717) is 25.3 Å². The van der Waals surface area contributed by atoms with Crippen LogP contribution in [0, 0.1) is 11.7 Å². The summed E-state index contributed by atoms with van der Waals surface area (Å²) in [4.78, 5) is 26.6. The van der Waals surface area contributed by atoms with Crippen LogP contribution in [0.4, 0.5) is 14.9 Å². The highest BCUT2D eigenvalue weighted by Gasteiger charge is 2.25. The summed E-state index contributed by atoms with van der Waals surface area (Å²) in [6.07, 6.45) is 1.81. The fraction of sp³-hybridized carbons (Fsp3) is 0.417. The van der Waals surface area contributed by atoms with E-state index in [2.05, 4.69) is 20.9 Å². The highest BCUT2D eigenvalue weighted by molar-refractivity contribution is 5.89. The molecular formula is C24H31FN4O2. The number of nitrogens with one attached hydrogen (secondary N) is 3. The summed E-state index contributed by atoms with van der Waals surface area (Å²) in [5, 5.41) is 8.58. The van der Waals surface area contributed by atoms with Gasteiger partial charge in [-0.25, -0.2) is 9.18 Å². The Hall–Kier alpha value is -2.93. The van der Waals surface area contributed by atoms with Crippen molar-refractivity contribution in [2.75, 3.05) is 18.4 Å². The van der Waals surface area contributed by atoms with E-state index >= 15 is 0 Å². The molecule has 0 saturated carbocycles. The third-order valence-corrected chi connectivity index (χ3v) is 5.27. The van der Waals surface area contributed by atoms with Gasteiger partial charge in [0.2, 0.25) is 5.91 Å². The fourth-order valence-corrected chi connectivity index (χ4v) is 3.78. The molecule has 1 atom stereocenters. The van der Waals surface area contributed by atoms with Gasteiger partial charge in [-0.05, 0) is 68.6 Å². The quantitative estimate of drug-likeness (QED) is 0.629. The topological polar surface area (TPSA) is 73.5 Å². The van der Waals surface area contributed by atoms with Gasteiger partial charge in [-0.15, -0.1) is 0 Å². The van der Waals surface area contributed by atoms with Crippen LogP contribution in [0.1, 0.15) is 37.8 Å². The van der Waals surface area contributed by atoms with Gasteiger partial charge in [0.05, 0.1) is 5.92 Å². The summed E-state index contributed by atoms with van der Waals surface area (Å²) in [6, 6.07) is 13.9. The van der Waals surface area contributed by atoms with Crippen LogP contribution in [0.5, 0.6) is 0 Å². The highest BCUT2D eigenvalue weighted by atomic mass is 19.1. The molecule has 1 aliphatic rings. The molecule has 0 bridgehead atoms. The second-order valence-corrected chi connectivity index (χ2v) is 8.37. The van der Waals surface area contributed by atoms with E-state index in [1.54, 1.807) is 12.1 Å². The van der Waals surface area contributed by atoms with Crippen molar-refractivity contribution in [2.45, 2.75) is 45.8 Å². The number of piperidine rings is 1. The minimum Gasteiger partial charge on any atom is -0.352 e. The normalized spacial score (nSPS) is 16.7. The molecule has 1 saturated heterocycles. The summed E-state index contributed by atoms with van der Waals surface area (Å²) in [5.41, 5.74) is 2.60. The molecule has 6 nitrogen and oxygen atoms in total. The lowest BCUT2D eigenvalue weighted by atomic mass is 9.96. The minimum atomic E-state index is -0.240. The average molecular weight is 427 g/mol. The van der Waals surface area contributed by atoms with Crippen molar-refractivity contribution < 1.29 is 14.0 Å². The molecule has 7 heteroatoms. The number of amides is 3. The van der Waals surface area contributed by atoms with Crippen molar-refractivity contribution in [3.05, 3.63) is 65.5 Å². The first-order valence-electron chi connectivity index (χ1n) is 10.8. The van der Waals surface area contributed by atoms with Gasteiger partial charge >= 0.3 is 6.03 Å². The molecular weight excluding hydrogens is 395 g/mol. The number of hydrogen-bond acceptors (Lipinski definition) is 3. The molecule has 166 valence electrons.